The number of ether oxygens (including phenoxy) is 1. The van der Waals surface area contributed by atoms with Crippen molar-refractivity contribution in [3.8, 4) is 11.8 Å². The van der Waals surface area contributed by atoms with Crippen LogP contribution in [0.15, 0.2) is 24.3 Å². The van der Waals surface area contributed by atoms with Crippen LogP contribution in [0.5, 0.6) is 5.75 Å². The first-order chi connectivity index (χ1) is 11.0. The summed E-state index contributed by atoms with van der Waals surface area (Å²) >= 11 is 0. The van der Waals surface area contributed by atoms with E-state index in [9.17, 15) is 5.26 Å². The van der Waals surface area contributed by atoms with Crippen LogP contribution in [0.3, 0.4) is 0 Å². The second kappa shape index (κ2) is 7.59. The lowest BCUT2D eigenvalue weighted by Gasteiger charge is -2.19. The van der Waals surface area contributed by atoms with Gasteiger partial charge in [0.25, 0.3) is 0 Å². The standard InChI is InChI=1S/C18H22N4O/c1-5-15(23-16-8-6-7-12(2)9-16)11-20-18-17(10-19)13(3)14(4)21-22-18/h6-9,15H,5,11H2,1-4H3,(H,20,22). The summed E-state index contributed by atoms with van der Waals surface area (Å²) in [5, 5.41) is 20.7. The minimum atomic E-state index is -0.00764. The molecule has 0 spiro atoms. The van der Waals surface area contributed by atoms with Crippen LogP contribution in [0.1, 0.15) is 35.7 Å². The van der Waals surface area contributed by atoms with Crippen molar-refractivity contribution in [1.82, 2.24) is 10.2 Å². The molecule has 2 aromatic rings. The fraction of sp³-hybridized carbons (Fsp3) is 0.389. The number of nitriles is 1. The van der Waals surface area contributed by atoms with Crippen molar-refractivity contribution in [2.75, 3.05) is 11.9 Å². The summed E-state index contributed by atoms with van der Waals surface area (Å²) in [5.74, 6) is 1.37. The molecule has 23 heavy (non-hydrogen) atoms. The maximum absolute atomic E-state index is 9.32. The van der Waals surface area contributed by atoms with Crippen LogP contribution in [0.4, 0.5) is 5.82 Å². The van der Waals surface area contributed by atoms with Gasteiger partial charge in [0.2, 0.25) is 0 Å². The zero-order chi connectivity index (χ0) is 16.8. The Bertz CT molecular complexity index is 721. The summed E-state index contributed by atoms with van der Waals surface area (Å²) in [6.45, 7) is 8.41. The predicted octanol–water partition coefficient (Wildman–Crippen LogP) is 3.54. The third-order valence-electron chi connectivity index (χ3n) is 3.81. The van der Waals surface area contributed by atoms with E-state index in [1.807, 2.05) is 45.0 Å². The van der Waals surface area contributed by atoms with E-state index in [4.69, 9.17) is 4.74 Å². The Morgan fingerprint density at radius 3 is 2.70 bits per heavy atom. The van der Waals surface area contributed by atoms with Gasteiger partial charge >= 0.3 is 0 Å². The van der Waals surface area contributed by atoms with Crippen molar-refractivity contribution in [3.63, 3.8) is 0 Å². The second-order valence-corrected chi connectivity index (χ2v) is 5.59. The van der Waals surface area contributed by atoms with Crippen LogP contribution in [-0.4, -0.2) is 22.8 Å². The Morgan fingerprint density at radius 1 is 1.26 bits per heavy atom. The average Bonchev–Trinajstić information content (AvgIpc) is 2.54. The normalized spacial score (nSPS) is 11.6. The molecule has 1 unspecified atom stereocenters. The molecule has 120 valence electrons. The van der Waals surface area contributed by atoms with Crippen molar-refractivity contribution < 1.29 is 4.74 Å². The van der Waals surface area contributed by atoms with Crippen molar-refractivity contribution in [1.29, 1.82) is 5.26 Å². The summed E-state index contributed by atoms with van der Waals surface area (Å²) in [7, 11) is 0. The lowest BCUT2D eigenvalue weighted by atomic mass is 10.1. The highest BCUT2D eigenvalue weighted by Gasteiger charge is 2.13. The molecule has 5 nitrogen and oxygen atoms in total. The second-order valence-electron chi connectivity index (χ2n) is 5.59. The molecule has 0 aliphatic carbocycles. The highest BCUT2D eigenvalue weighted by molar-refractivity contribution is 5.55. The number of benzene rings is 1. The van der Waals surface area contributed by atoms with Gasteiger partial charge in [0, 0.05) is 0 Å². The Balaban J connectivity index is 2.07. The lowest BCUT2D eigenvalue weighted by molar-refractivity contribution is 0.210. The minimum Gasteiger partial charge on any atom is -0.489 e. The quantitative estimate of drug-likeness (QED) is 0.883. The highest BCUT2D eigenvalue weighted by Crippen LogP contribution is 2.19. The zero-order valence-electron chi connectivity index (χ0n) is 14.1. The Labute approximate surface area is 137 Å². The molecule has 0 saturated carbocycles. The number of hydrogen-bond acceptors (Lipinski definition) is 5. The molecule has 0 amide bonds. The van der Waals surface area contributed by atoms with Crippen molar-refractivity contribution in [2.24, 2.45) is 0 Å². The first-order valence-corrected chi connectivity index (χ1v) is 7.76. The molecular weight excluding hydrogens is 288 g/mol. The van der Waals surface area contributed by atoms with Gasteiger partial charge in [0.15, 0.2) is 5.82 Å². The van der Waals surface area contributed by atoms with Crippen LogP contribution >= 0.6 is 0 Å². The summed E-state index contributed by atoms with van der Waals surface area (Å²) < 4.78 is 6.00. The van der Waals surface area contributed by atoms with Gasteiger partial charge in [0.05, 0.1) is 12.2 Å². The van der Waals surface area contributed by atoms with Crippen molar-refractivity contribution >= 4 is 5.82 Å². The molecule has 0 fully saturated rings. The number of nitrogens with one attached hydrogen (secondary N) is 1. The van der Waals surface area contributed by atoms with Crippen molar-refractivity contribution in [3.05, 3.63) is 46.6 Å². The monoisotopic (exact) mass is 310 g/mol. The SMILES string of the molecule is CCC(CNc1nnc(C)c(C)c1C#N)Oc1cccc(C)c1. The molecular formula is C18H22N4O. The van der Waals surface area contributed by atoms with Crippen LogP contribution in [-0.2, 0) is 0 Å². The molecule has 0 aliphatic rings. The number of hydrogen-bond donors (Lipinski definition) is 1. The van der Waals surface area contributed by atoms with E-state index < -0.39 is 0 Å². The zero-order valence-corrected chi connectivity index (χ0v) is 14.1. The summed E-state index contributed by atoms with van der Waals surface area (Å²) in [4.78, 5) is 0. The van der Waals surface area contributed by atoms with Gasteiger partial charge in [-0.2, -0.15) is 10.4 Å². The van der Waals surface area contributed by atoms with Crippen LogP contribution < -0.4 is 10.1 Å². The van der Waals surface area contributed by atoms with E-state index in [2.05, 4.69) is 28.5 Å². The first kappa shape index (κ1) is 16.8. The molecule has 1 heterocycles. The van der Waals surface area contributed by atoms with Crippen molar-refractivity contribution in [2.45, 2.75) is 40.2 Å². The fourth-order valence-electron chi connectivity index (χ4n) is 2.23. The van der Waals surface area contributed by atoms with Crippen LogP contribution in [0, 0.1) is 32.1 Å². The fourth-order valence-corrected chi connectivity index (χ4v) is 2.23. The maximum Gasteiger partial charge on any atom is 0.167 e. The lowest BCUT2D eigenvalue weighted by Crippen LogP contribution is -2.26. The molecule has 1 aromatic carbocycles. The number of nitrogens with zero attached hydrogens (tertiary/aromatic N) is 3. The molecule has 1 atom stereocenters. The smallest absolute Gasteiger partial charge is 0.167 e. The molecule has 5 heteroatoms. The van der Waals surface area contributed by atoms with E-state index in [-0.39, 0.29) is 6.10 Å². The molecule has 0 saturated heterocycles. The van der Waals surface area contributed by atoms with Gasteiger partial charge in [0.1, 0.15) is 23.5 Å². The summed E-state index contributed by atoms with van der Waals surface area (Å²) in [5.41, 5.74) is 3.34. The Hall–Kier alpha value is -2.61. The number of aryl methyl sites for hydroxylation is 2. The van der Waals surface area contributed by atoms with Gasteiger partial charge in [-0.1, -0.05) is 19.1 Å². The van der Waals surface area contributed by atoms with Gasteiger partial charge < -0.3 is 10.1 Å². The number of rotatable bonds is 6. The van der Waals surface area contributed by atoms with E-state index in [1.54, 1.807) is 0 Å². The summed E-state index contributed by atoms with van der Waals surface area (Å²) in [6.07, 6.45) is 0.841. The van der Waals surface area contributed by atoms with E-state index in [0.29, 0.717) is 17.9 Å². The molecule has 1 aromatic heterocycles. The molecule has 1 N–H and O–H groups in total. The third kappa shape index (κ3) is 4.19. The molecule has 0 radical (unpaired) electrons. The van der Waals surface area contributed by atoms with Gasteiger partial charge in [-0.15, -0.1) is 5.10 Å². The van der Waals surface area contributed by atoms with Crippen LogP contribution in [0.2, 0.25) is 0 Å². The topological polar surface area (TPSA) is 70.8 Å². The molecule has 0 aliphatic heterocycles. The maximum atomic E-state index is 9.32. The van der Waals surface area contributed by atoms with Crippen LogP contribution in [0.25, 0.3) is 0 Å². The van der Waals surface area contributed by atoms with Gasteiger partial charge in [-0.25, -0.2) is 0 Å². The van der Waals surface area contributed by atoms with E-state index in [0.717, 1.165) is 29.0 Å². The third-order valence-corrected chi connectivity index (χ3v) is 3.81. The number of aromatic nitrogens is 2. The Kier molecular flexibility index (Phi) is 5.53. The first-order valence-electron chi connectivity index (χ1n) is 7.76. The van der Waals surface area contributed by atoms with Gasteiger partial charge in [-0.3, -0.25) is 0 Å². The largest absolute Gasteiger partial charge is 0.489 e. The molecule has 0 bridgehead atoms. The summed E-state index contributed by atoms with van der Waals surface area (Å²) in [6, 6.07) is 10.2. The van der Waals surface area contributed by atoms with Gasteiger partial charge in [-0.05, 0) is 50.5 Å². The molecule has 2 rings (SSSR count). The van der Waals surface area contributed by atoms with E-state index >= 15 is 0 Å². The predicted molar refractivity (Wildman–Crippen MR) is 90.6 cm³/mol. The average molecular weight is 310 g/mol. The Morgan fingerprint density at radius 2 is 2.04 bits per heavy atom. The number of anilines is 1. The minimum absolute atomic E-state index is 0.00764. The van der Waals surface area contributed by atoms with E-state index in [1.165, 1.54) is 0 Å². The highest BCUT2D eigenvalue weighted by atomic mass is 16.5.